The zero-order valence-corrected chi connectivity index (χ0v) is 17.2. The molecule has 1 N–H and O–H groups in total. The van der Waals surface area contributed by atoms with E-state index in [0.29, 0.717) is 22.7 Å². The van der Waals surface area contributed by atoms with Gasteiger partial charge in [0, 0.05) is 14.9 Å². The first-order chi connectivity index (χ1) is 12.6. The van der Waals surface area contributed by atoms with Gasteiger partial charge in [0.1, 0.15) is 5.00 Å². The van der Waals surface area contributed by atoms with Crippen LogP contribution < -0.4 is 5.32 Å². The van der Waals surface area contributed by atoms with Crippen LogP contribution >= 0.6 is 27.3 Å². The van der Waals surface area contributed by atoms with E-state index in [9.17, 15) is 9.59 Å². The maximum absolute atomic E-state index is 12.6. The Kier molecular flexibility index (Phi) is 6.48. The largest absolute Gasteiger partial charge is 0.462 e. The number of carbonyl (C=O) groups is 2. The van der Waals surface area contributed by atoms with E-state index in [1.165, 1.54) is 29.1 Å². The Morgan fingerprint density at radius 1 is 1.12 bits per heavy atom. The van der Waals surface area contributed by atoms with Crippen LogP contribution in [-0.4, -0.2) is 18.5 Å². The van der Waals surface area contributed by atoms with Crippen molar-refractivity contribution in [2.45, 2.75) is 45.4 Å². The Morgan fingerprint density at radius 3 is 2.50 bits per heavy atom. The van der Waals surface area contributed by atoms with Gasteiger partial charge < -0.3 is 10.1 Å². The lowest BCUT2D eigenvalue weighted by Gasteiger charge is -2.11. The van der Waals surface area contributed by atoms with Crippen LogP contribution in [0.25, 0.3) is 0 Å². The number of fused-ring (bicyclic) bond motifs is 1. The number of rotatable bonds is 4. The number of esters is 1. The van der Waals surface area contributed by atoms with Gasteiger partial charge in [-0.25, -0.2) is 4.79 Å². The van der Waals surface area contributed by atoms with Crippen molar-refractivity contribution >= 4 is 44.1 Å². The van der Waals surface area contributed by atoms with Crippen molar-refractivity contribution in [3.8, 4) is 0 Å². The van der Waals surface area contributed by atoms with Crippen LogP contribution in [0.1, 0.15) is 63.8 Å². The predicted octanol–water partition coefficient (Wildman–Crippen LogP) is 5.60. The van der Waals surface area contributed by atoms with Crippen LogP contribution in [0.15, 0.2) is 28.7 Å². The molecule has 6 heteroatoms. The average molecular weight is 436 g/mol. The van der Waals surface area contributed by atoms with Crippen LogP contribution in [0.2, 0.25) is 0 Å². The quantitative estimate of drug-likeness (QED) is 0.635. The normalized spacial score (nSPS) is 14.1. The monoisotopic (exact) mass is 435 g/mol. The molecule has 0 unspecified atom stereocenters. The van der Waals surface area contributed by atoms with Gasteiger partial charge in [0.05, 0.1) is 12.2 Å². The Bertz CT molecular complexity index is 798. The van der Waals surface area contributed by atoms with Crippen molar-refractivity contribution in [3.05, 3.63) is 50.3 Å². The van der Waals surface area contributed by atoms with Crippen LogP contribution in [0, 0.1) is 0 Å². The van der Waals surface area contributed by atoms with Crippen molar-refractivity contribution in [2.75, 3.05) is 11.9 Å². The van der Waals surface area contributed by atoms with Gasteiger partial charge in [-0.2, -0.15) is 0 Å². The molecule has 3 rings (SSSR count). The average Bonchev–Trinajstić information content (AvgIpc) is 2.92. The van der Waals surface area contributed by atoms with Crippen molar-refractivity contribution in [1.29, 1.82) is 0 Å². The number of ether oxygens (including phenoxy) is 1. The number of aryl methyl sites for hydroxylation is 1. The number of hydrogen-bond donors (Lipinski definition) is 1. The highest BCUT2D eigenvalue weighted by atomic mass is 79.9. The second kappa shape index (κ2) is 8.82. The third-order valence-corrected chi connectivity index (χ3v) is 6.22. The first-order valence-corrected chi connectivity index (χ1v) is 10.6. The van der Waals surface area contributed by atoms with Gasteiger partial charge >= 0.3 is 5.97 Å². The minimum absolute atomic E-state index is 0.211. The number of anilines is 1. The second-order valence-electron chi connectivity index (χ2n) is 6.30. The Balaban J connectivity index is 1.94. The van der Waals surface area contributed by atoms with Gasteiger partial charge in [-0.3, -0.25) is 4.79 Å². The minimum Gasteiger partial charge on any atom is -0.462 e. The summed E-state index contributed by atoms with van der Waals surface area (Å²) in [5, 5.41) is 3.56. The van der Waals surface area contributed by atoms with E-state index in [1.54, 1.807) is 19.1 Å². The SMILES string of the molecule is CCOC(=O)c1c(NC(=O)c2ccc(Br)cc2)sc2c1CCCCCC2. The van der Waals surface area contributed by atoms with E-state index < -0.39 is 0 Å². The molecule has 138 valence electrons. The molecule has 0 spiro atoms. The molecule has 0 saturated carbocycles. The molecule has 1 aromatic carbocycles. The highest BCUT2D eigenvalue weighted by molar-refractivity contribution is 9.10. The molecule has 1 aromatic heterocycles. The van der Waals surface area contributed by atoms with E-state index in [1.807, 2.05) is 12.1 Å². The maximum Gasteiger partial charge on any atom is 0.341 e. The summed E-state index contributed by atoms with van der Waals surface area (Å²) in [5.74, 6) is -0.547. The Hall–Kier alpha value is -1.66. The number of amides is 1. The summed E-state index contributed by atoms with van der Waals surface area (Å²) < 4.78 is 6.20. The molecule has 0 fully saturated rings. The maximum atomic E-state index is 12.6. The topological polar surface area (TPSA) is 55.4 Å². The molecule has 26 heavy (non-hydrogen) atoms. The predicted molar refractivity (Wildman–Crippen MR) is 108 cm³/mol. The van der Waals surface area contributed by atoms with Gasteiger partial charge in [0.2, 0.25) is 0 Å². The fourth-order valence-electron chi connectivity index (χ4n) is 3.20. The summed E-state index contributed by atoms with van der Waals surface area (Å²) in [6, 6.07) is 7.17. The highest BCUT2D eigenvalue weighted by Crippen LogP contribution is 2.37. The van der Waals surface area contributed by atoms with Gasteiger partial charge in [0.15, 0.2) is 0 Å². The molecule has 0 bridgehead atoms. The fourth-order valence-corrected chi connectivity index (χ4v) is 4.74. The van der Waals surface area contributed by atoms with E-state index in [4.69, 9.17) is 4.74 Å². The van der Waals surface area contributed by atoms with Crippen LogP contribution in [0.3, 0.4) is 0 Å². The van der Waals surface area contributed by atoms with Crippen molar-refractivity contribution in [1.82, 2.24) is 0 Å². The summed E-state index contributed by atoms with van der Waals surface area (Å²) in [5.41, 5.74) is 2.18. The van der Waals surface area contributed by atoms with E-state index in [0.717, 1.165) is 35.7 Å². The number of thiophene rings is 1. The summed E-state index contributed by atoms with van der Waals surface area (Å²) in [6.45, 7) is 2.12. The molecular formula is C20H22BrNO3S. The molecule has 0 aliphatic heterocycles. The third-order valence-electron chi connectivity index (χ3n) is 4.48. The van der Waals surface area contributed by atoms with Crippen molar-refractivity contribution in [2.24, 2.45) is 0 Å². The van der Waals surface area contributed by atoms with Crippen LogP contribution in [-0.2, 0) is 17.6 Å². The fraction of sp³-hybridized carbons (Fsp3) is 0.400. The highest BCUT2D eigenvalue weighted by Gasteiger charge is 2.26. The lowest BCUT2D eigenvalue weighted by Crippen LogP contribution is -2.15. The lowest BCUT2D eigenvalue weighted by molar-refractivity contribution is 0.0526. The zero-order chi connectivity index (χ0) is 18.5. The molecule has 0 radical (unpaired) electrons. The molecule has 4 nitrogen and oxygen atoms in total. The van der Waals surface area contributed by atoms with E-state index in [2.05, 4.69) is 21.2 Å². The lowest BCUT2D eigenvalue weighted by atomic mass is 9.96. The molecule has 2 aromatic rings. The van der Waals surface area contributed by atoms with Crippen LogP contribution in [0.5, 0.6) is 0 Å². The van der Waals surface area contributed by atoms with Gasteiger partial charge in [0.25, 0.3) is 5.91 Å². The zero-order valence-electron chi connectivity index (χ0n) is 14.8. The number of halogens is 1. The van der Waals surface area contributed by atoms with E-state index in [-0.39, 0.29) is 11.9 Å². The molecule has 1 heterocycles. The number of hydrogen-bond acceptors (Lipinski definition) is 4. The third kappa shape index (κ3) is 4.35. The Morgan fingerprint density at radius 2 is 1.81 bits per heavy atom. The number of carbonyl (C=O) groups excluding carboxylic acids is 2. The molecule has 1 aliphatic carbocycles. The molecule has 1 aliphatic rings. The Labute approximate surface area is 166 Å². The molecule has 1 amide bonds. The standard InChI is InChI=1S/C20H22BrNO3S/c1-2-25-20(24)17-15-7-5-3-4-6-8-16(15)26-19(17)22-18(23)13-9-11-14(21)12-10-13/h9-12H,2-8H2,1H3,(H,22,23). The van der Waals surface area contributed by atoms with Crippen molar-refractivity contribution in [3.63, 3.8) is 0 Å². The molecular weight excluding hydrogens is 414 g/mol. The summed E-state index contributed by atoms with van der Waals surface area (Å²) in [6.07, 6.45) is 6.41. The first-order valence-electron chi connectivity index (χ1n) is 8.98. The van der Waals surface area contributed by atoms with Crippen molar-refractivity contribution < 1.29 is 14.3 Å². The number of benzene rings is 1. The summed E-state index contributed by atoms with van der Waals surface area (Å²) in [4.78, 5) is 26.4. The van der Waals surface area contributed by atoms with Gasteiger partial charge in [-0.15, -0.1) is 11.3 Å². The molecule has 0 saturated heterocycles. The van der Waals surface area contributed by atoms with Gasteiger partial charge in [-0.1, -0.05) is 28.8 Å². The molecule has 0 atom stereocenters. The van der Waals surface area contributed by atoms with Crippen LogP contribution in [0.4, 0.5) is 5.00 Å². The summed E-state index contributed by atoms with van der Waals surface area (Å²) >= 11 is 4.89. The second-order valence-corrected chi connectivity index (χ2v) is 8.32. The number of nitrogens with one attached hydrogen (secondary N) is 1. The van der Waals surface area contributed by atoms with Gasteiger partial charge in [-0.05, 0) is 62.4 Å². The summed E-state index contributed by atoms with van der Waals surface area (Å²) in [7, 11) is 0. The minimum atomic E-state index is -0.336. The smallest absolute Gasteiger partial charge is 0.341 e. The van der Waals surface area contributed by atoms with E-state index >= 15 is 0 Å². The first kappa shape index (κ1) is 19.1.